The third-order valence-electron chi connectivity index (χ3n) is 1.71. The molecule has 0 aromatic heterocycles. The van der Waals surface area contributed by atoms with Crippen LogP contribution in [0.25, 0.3) is 0 Å². The number of nitrogens with one attached hydrogen (secondary N) is 1. The molecule has 0 atom stereocenters. The molecule has 0 saturated heterocycles. The lowest BCUT2D eigenvalue weighted by Crippen LogP contribution is -2.12. The Morgan fingerprint density at radius 3 is 2.23 bits per heavy atom. The van der Waals surface area contributed by atoms with Gasteiger partial charge in [0.05, 0.1) is 5.57 Å². The van der Waals surface area contributed by atoms with E-state index in [4.69, 9.17) is 0 Å². The Labute approximate surface area is 76.3 Å². The molecule has 0 aliphatic carbocycles. The maximum Gasteiger partial charge on any atom is 0.416 e. The van der Waals surface area contributed by atoms with Crippen LogP contribution < -0.4 is 5.32 Å². The summed E-state index contributed by atoms with van der Waals surface area (Å²) in [5.41, 5.74) is -0.219. The van der Waals surface area contributed by atoms with Crippen LogP contribution >= 0.6 is 0 Å². The SMILES string of the molecule is CC/C(C)=C(\C=C/NC)C(F)(F)F. The van der Waals surface area contributed by atoms with E-state index in [0.717, 1.165) is 6.08 Å². The van der Waals surface area contributed by atoms with Gasteiger partial charge in [-0.3, -0.25) is 0 Å². The minimum atomic E-state index is -4.26. The van der Waals surface area contributed by atoms with Crippen molar-refractivity contribution < 1.29 is 13.2 Å². The molecule has 0 heterocycles. The molecule has 4 heteroatoms. The molecule has 0 bridgehead atoms. The molecule has 0 amide bonds. The van der Waals surface area contributed by atoms with Crippen molar-refractivity contribution in [1.29, 1.82) is 0 Å². The standard InChI is InChI=1S/C9H14F3N/c1-4-7(2)8(5-6-13-3)9(10,11)12/h5-6,13H,4H2,1-3H3/b6-5-,8-7+. The molecule has 0 fully saturated rings. The van der Waals surface area contributed by atoms with E-state index in [9.17, 15) is 13.2 Å². The summed E-state index contributed by atoms with van der Waals surface area (Å²) in [7, 11) is 1.56. The van der Waals surface area contributed by atoms with Crippen molar-refractivity contribution in [2.24, 2.45) is 0 Å². The van der Waals surface area contributed by atoms with Crippen LogP contribution in [0, 0.1) is 0 Å². The fourth-order valence-electron chi connectivity index (χ4n) is 0.836. The van der Waals surface area contributed by atoms with Crippen molar-refractivity contribution in [3.05, 3.63) is 23.4 Å². The first-order valence-corrected chi connectivity index (χ1v) is 4.04. The molecular formula is C9H14F3N. The van der Waals surface area contributed by atoms with Crippen LogP contribution in [0.4, 0.5) is 13.2 Å². The van der Waals surface area contributed by atoms with Gasteiger partial charge in [0.2, 0.25) is 0 Å². The van der Waals surface area contributed by atoms with E-state index >= 15 is 0 Å². The Morgan fingerprint density at radius 1 is 1.38 bits per heavy atom. The van der Waals surface area contributed by atoms with E-state index < -0.39 is 11.7 Å². The highest BCUT2D eigenvalue weighted by atomic mass is 19.4. The highest BCUT2D eigenvalue weighted by Gasteiger charge is 2.32. The lowest BCUT2D eigenvalue weighted by molar-refractivity contribution is -0.0891. The van der Waals surface area contributed by atoms with Crippen molar-refractivity contribution in [2.45, 2.75) is 26.4 Å². The number of alkyl halides is 3. The van der Waals surface area contributed by atoms with Crippen LogP contribution in [0.5, 0.6) is 0 Å². The largest absolute Gasteiger partial charge is 0.416 e. The maximum absolute atomic E-state index is 12.3. The van der Waals surface area contributed by atoms with Crippen LogP contribution in [-0.2, 0) is 0 Å². The first kappa shape index (κ1) is 12.1. The zero-order valence-corrected chi connectivity index (χ0v) is 8.00. The summed E-state index contributed by atoms with van der Waals surface area (Å²) < 4.78 is 37.0. The Hall–Kier alpha value is -0.930. The number of halogens is 3. The molecule has 0 rings (SSSR count). The monoisotopic (exact) mass is 193 g/mol. The van der Waals surface area contributed by atoms with Gasteiger partial charge >= 0.3 is 6.18 Å². The molecule has 1 nitrogen and oxygen atoms in total. The summed E-state index contributed by atoms with van der Waals surface area (Å²) in [5.74, 6) is 0. The molecule has 13 heavy (non-hydrogen) atoms. The fraction of sp³-hybridized carbons (Fsp3) is 0.556. The highest BCUT2D eigenvalue weighted by Crippen LogP contribution is 2.29. The Kier molecular flexibility index (Phi) is 4.59. The summed E-state index contributed by atoms with van der Waals surface area (Å²) >= 11 is 0. The third-order valence-corrected chi connectivity index (χ3v) is 1.71. The predicted octanol–water partition coefficient (Wildman–Crippen LogP) is 3.01. The molecule has 0 radical (unpaired) electrons. The first-order chi connectivity index (χ1) is 5.93. The zero-order valence-electron chi connectivity index (χ0n) is 8.00. The molecule has 1 N–H and O–H groups in total. The minimum Gasteiger partial charge on any atom is -0.394 e. The quantitative estimate of drug-likeness (QED) is 0.679. The van der Waals surface area contributed by atoms with Crippen molar-refractivity contribution in [3.8, 4) is 0 Å². The summed E-state index contributed by atoms with van der Waals surface area (Å²) in [5, 5.41) is 2.53. The van der Waals surface area contributed by atoms with E-state index in [1.165, 1.54) is 13.1 Å². The molecule has 0 aliphatic rings. The zero-order chi connectivity index (χ0) is 10.5. The number of hydrogen-bond acceptors (Lipinski definition) is 1. The number of allylic oxidation sites excluding steroid dienone is 3. The molecule has 0 spiro atoms. The summed E-state index contributed by atoms with van der Waals surface area (Å²) in [6, 6.07) is 0. The van der Waals surface area contributed by atoms with Gasteiger partial charge in [0.15, 0.2) is 0 Å². The topological polar surface area (TPSA) is 12.0 Å². The Morgan fingerprint density at radius 2 is 1.92 bits per heavy atom. The van der Waals surface area contributed by atoms with E-state index in [1.54, 1.807) is 14.0 Å². The second-order valence-electron chi connectivity index (χ2n) is 2.67. The highest BCUT2D eigenvalue weighted by molar-refractivity contribution is 5.28. The van der Waals surface area contributed by atoms with Crippen LogP contribution in [-0.4, -0.2) is 13.2 Å². The van der Waals surface area contributed by atoms with Crippen LogP contribution in [0.2, 0.25) is 0 Å². The van der Waals surface area contributed by atoms with Gasteiger partial charge in [0, 0.05) is 7.05 Å². The van der Waals surface area contributed by atoms with Gasteiger partial charge in [-0.2, -0.15) is 13.2 Å². The average Bonchev–Trinajstić information content (AvgIpc) is 2.02. The predicted molar refractivity (Wildman–Crippen MR) is 47.2 cm³/mol. The molecule has 76 valence electrons. The van der Waals surface area contributed by atoms with E-state index in [1.807, 2.05) is 0 Å². The molecule has 0 aliphatic heterocycles. The average molecular weight is 193 g/mol. The van der Waals surface area contributed by atoms with Gasteiger partial charge in [-0.25, -0.2) is 0 Å². The maximum atomic E-state index is 12.3. The smallest absolute Gasteiger partial charge is 0.394 e. The van der Waals surface area contributed by atoms with Crippen LogP contribution in [0.3, 0.4) is 0 Å². The van der Waals surface area contributed by atoms with E-state index in [-0.39, 0.29) is 0 Å². The second-order valence-corrected chi connectivity index (χ2v) is 2.67. The van der Waals surface area contributed by atoms with Gasteiger partial charge in [0.1, 0.15) is 0 Å². The molecule has 0 aromatic carbocycles. The number of hydrogen-bond donors (Lipinski definition) is 1. The van der Waals surface area contributed by atoms with E-state index in [0.29, 0.717) is 12.0 Å². The third kappa shape index (κ3) is 4.01. The van der Waals surface area contributed by atoms with Gasteiger partial charge < -0.3 is 5.32 Å². The Bertz CT molecular complexity index is 213. The number of rotatable bonds is 3. The van der Waals surface area contributed by atoms with Gasteiger partial charge in [-0.1, -0.05) is 12.5 Å². The first-order valence-electron chi connectivity index (χ1n) is 4.04. The van der Waals surface area contributed by atoms with E-state index in [2.05, 4.69) is 5.32 Å². The molecule has 0 saturated carbocycles. The second kappa shape index (κ2) is 4.94. The minimum absolute atomic E-state index is 0.346. The normalized spacial score (nSPS) is 14.6. The van der Waals surface area contributed by atoms with Crippen LogP contribution in [0.1, 0.15) is 20.3 Å². The lowest BCUT2D eigenvalue weighted by Gasteiger charge is -2.10. The van der Waals surface area contributed by atoms with Gasteiger partial charge in [-0.05, 0) is 25.6 Å². The lowest BCUT2D eigenvalue weighted by atomic mass is 10.1. The summed E-state index contributed by atoms with van der Waals surface area (Å²) in [6.45, 7) is 3.19. The van der Waals surface area contributed by atoms with Crippen molar-refractivity contribution in [3.63, 3.8) is 0 Å². The molecular weight excluding hydrogens is 179 g/mol. The van der Waals surface area contributed by atoms with Crippen molar-refractivity contribution in [1.82, 2.24) is 5.32 Å². The molecule has 0 unspecified atom stereocenters. The summed E-state index contributed by atoms with van der Waals surface area (Å²) in [4.78, 5) is 0. The van der Waals surface area contributed by atoms with Crippen molar-refractivity contribution >= 4 is 0 Å². The molecule has 0 aromatic rings. The summed E-state index contributed by atoms with van der Waals surface area (Å²) in [6.07, 6.45) is -1.52. The van der Waals surface area contributed by atoms with Crippen LogP contribution in [0.15, 0.2) is 23.4 Å². The fourth-order valence-corrected chi connectivity index (χ4v) is 0.836. The van der Waals surface area contributed by atoms with Gasteiger partial charge in [0.25, 0.3) is 0 Å². The van der Waals surface area contributed by atoms with Crippen molar-refractivity contribution in [2.75, 3.05) is 7.05 Å². The Balaban J connectivity index is 4.88. The van der Waals surface area contributed by atoms with Gasteiger partial charge in [-0.15, -0.1) is 0 Å².